The van der Waals surface area contributed by atoms with Gasteiger partial charge in [0.25, 0.3) is 0 Å². The molecule has 204 valence electrons. The smallest absolute Gasteiger partial charge is 0.242 e. The van der Waals surface area contributed by atoms with E-state index in [-0.39, 0.29) is 43.4 Å². The molecule has 0 aliphatic rings. The number of halogens is 3. The van der Waals surface area contributed by atoms with Crippen molar-refractivity contribution in [1.82, 2.24) is 10.2 Å². The third kappa shape index (κ3) is 8.86. The molecule has 0 aromatic heterocycles. The minimum Gasteiger partial charge on any atom is -0.354 e. The number of hydrogen-bond donors (Lipinski definition) is 1. The highest BCUT2D eigenvalue weighted by molar-refractivity contribution is 7.92. The van der Waals surface area contributed by atoms with Gasteiger partial charge in [-0.15, -0.1) is 0 Å². The second-order valence-corrected chi connectivity index (χ2v) is 11.4. The minimum absolute atomic E-state index is 0.0140. The van der Waals surface area contributed by atoms with Crippen molar-refractivity contribution in [2.75, 3.05) is 23.7 Å². The SMILES string of the molecule is CCCCNC(=O)[C@@H](CC)N(Cc1c(Cl)cccc1Cl)C(=O)CCCN(c1ccccc1F)S(C)(=O)=O. The van der Waals surface area contributed by atoms with Gasteiger partial charge in [-0.3, -0.25) is 13.9 Å². The fraction of sp³-hybridized carbons (Fsp3) is 0.462. The summed E-state index contributed by atoms with van der Waals surface area (Å²) in [5.41, 5.74) is 0.432. The van der Waals surface area contributed by atoms with Crippen LogP contribution < -0.4 is 9.62 Å². The third-order valence-corrected chi connectivity index (χ3v) is 7.77. The van der Waals surface area contributed by atoms with Gasteiger partial charge < -0.3 is 10.2 Å². The third-order valence-electron chi connectivity index (χ3n) is 5.88. The molecule has 0 saturated carbocycles. The lowest BCUT2D eigenvalue weighted by Gasteiger charge is -2.31. The van der Waals surface area contributed by atoms with Crippen molar-refractivity contribution < 1.29 is 22.4 Å². The topological polar surface area (TPSA) is 86.8 Å². The Labute approximate surface area is 229 Å². The zero-order valence-electron chi connectivity index (χ0n) is 21.3. The number of nitrogens with one attached hydrogen (secondary N) is 1. The Bertz CT molecular complexity index is 1160. The van der Waals surface area contributed by atoms with Gasteiger partial charge in [0.2, 0.25) is 21.8 Å². The number of carbonyl (C=O) groups excluding carboxylic acids is 2. The molecule has 0 unspecified atom stereocenters. The number of rotatable bonds is 14. The van der Waals surface area contributed by atoms with Crippen LogP contribution in [0.4, 0.5) is 10.1 Å². The van der Waals surface area contributed by atoms with Crippen molar-refractivity contribution in [3.63, 3.8) is 0 Å². The van der Waals surface area contributed by atoms with E-state index in [4.69, 9.17) is 23.2 Å². The van der Waals surface area contributed by atoms with Gasteiger partial charge in [0.1, 0.15) is 11.9 Å². The molecule has 0 radical (unpaired) electrons. The van der Waals surface area contributed by atoms with E-state index in [1.807, 2.05) is 13.8 Å². The number of anilines is 1. The highest BCUT2D eigenvalue weighted by Crippen LogP contribution is 2.28. The molecular weight excluding hydrogens is 540 g/mol. The quantitative estimate of drug-likeness (QED) is 0.306. The van der Waals surface area contributed by atoms with Crippen molar-refractivity contribution in [2.24, 2.45) is 0 Å². The molecule has 2 aromatic carbocycles. The molecule has 2 rings (SSSR count). The summed E-state index contributed by atoms with van der Waals surface area (Å²) in [6, 6.07) is 9.80. The summed E-state index contributed by atoms with van der Waals surface area (Å²) in [4.78, 5) is 27.9. The van der Waals surface area contributed by atoms with E-state index in [1.165, 1.54) is 23.1 Å². The Kier molecular flexibility index (Phi) is 12.1. The first-order valence-electron chi connectivity index (χ1n) is 12.2. The average Bonchev–Trinajstić information content (AvgIpc) is 2.83. The molecule has 0 heterocycles. The highest BCUT2D eigenvalue weighted by atomic mass is 35.5. The molecule has 0 saturated heterocycles. The molecule has 7 nitrogen and oxygen atoms in total. The Balaban J connectivity index is 2.26. The zero-order valence-corrected chi connectivity index (χ0v) is 23.7. The maximum absolute atomic E-state index is 14.3. The fourth-order valence-corrected chi connectivity index (χ4v) is 5.40. The molecular formula is C26H34Cl2FN3O4S. The molecule has 0 aliphatic heterocycles. The van der Waals surface area contributed by atoms with E-state index in [2.05, 4.69) is 5.32 Å². The van der Waals surface area contributed by atoms with Gasteiger partial charge >= 0.3 is 0 Å². The van der Waals surface area contributed by atoms with Crippen LogP contribution in [-0.4, -0.2) is 50.5 Å². The summed E-state index contributed by atoms with van der Waals surface area (Å²) in [5.74, 6) is -1.32. The second kappa shape index (κ2) is 14.5. The van der Waals surface area contributed by atoms with E-state index >= 15 is 0 Å². The van der Waals surface area contributed by atoms with Crippen molar-refractivity contribution in [2.45, 2.75) is 58.5 Å². The number of para-hydroxylation sites is 1. The molecule has 1 N–H and O–H groups in total. The Morgan fingerprint density at radius 1 is 1.03 bits per heavy atom. The van der Waals surface area contributed by atoms with Gasteiger partial charge in [-0.25, -0.2) is 12.8 Å². The number of carbonyl (C=O) groups is 2. The fourth-order valence-electron chi connectivity index (χ4n) is 3.92. The Morgan fingerprint density at radius 3 is 2.24 bits per heavy atom. The summed E-state index contributed by atoms with van der Waals surface area (Å²) in [6.45, 7) is 4.22. The summed E-state index contributed by atoms with van der Waals surface area (Å²) in [7, 11) is -3.80. The molecule has 0 bridgehead atoms. The van der Waals surface area contributed by atoms with Gasteiger partial charge in [0.15, 0.2) is 0 Å². The molecule has 0 fully saturated rings. The van der Waals surface area contributed by atoms with Gasteiger partial charge in [-0.2, -0.15) is 0 Å². The van der Waals surface area contributed by atoms with E-state index in [1.54, 1.807) is 24.3 Å². The number of sulfonamides is 1. The van der Waals surface area contributed by atoms with Crippen LogP contribution in [0.1, 0.15) is 51.5 Å². The number of nitrogens with zero attached hydrogens (tertiary/aromatic N) is 2. The van der Waals surface area contributed by atoms with E-state index < -0.39 is 21.9 Å². The summed E-state index contributed by atoms with van der Waals surface area (Å²) < 4.78 is 40.0. The molecule has 2 aromatic rings. The number of unbranched alkanes of at least 4 members (excludes halogenated alkanes) is 1. The number of hydrogen-bond acceptors (Lipinski definition) is 4. The van der Waals surface area contributed by atoms with Crippen LogP contribution in [-0.2, 0) is 26.2 Å². The summed E-state index contributed by atoms with van der Waals surface area (Å²) in [6.07, 6.45) is 3.11. The lowest BCUT2D eigenvalue weighted by molar-refractivity contribution is -0.141. The maximum Gasteiger partial charge on any atom is 0.242 e. The molecule has 0 aliphatic carbocycles. The Hall–Kier alpha value is -2.36. The standard InChI is InChI=1S/C26H34Cl2FN3O4S/c1-4-6-16-30-26(34)23(5-2)31(18-19-20(27)11-9-12-21(19)28)25(33)15-10-17-32(37(3,35)36)24-14-8-7-13-22(24)29/h7-9,11-14,23H,4-6,10,15-18H2,1-3H3,(H,30,34)/t23-/m1/s1. The van der Waals surface area contributed by atoms with Gasteiger partial charge in [-0.1, -0.05) is 61.7 Å². The lowest BCUT2D eigenvalue weighted by Crippen LogP contribution is -2.49. The summed E-state index contributed by atoms with van der Waals surface area (Å²) >= 11 is 12.7. The number of amides is 2. The predicted octanol–water partition coefficient (Wildman–Crippen LogP) is 5.40. The van der Waals surface area contributed by atoms with Gasteiger partial charge in [0, 0.05) is 41.7 Å². The summed E-state index contributed by atoms with van der Waals surface area (Å²) in [5, 5.41) is 3.62. The molecule has 2 amide bonds. The predicted molar refractivity (Wildman–Crippen MR) is 147 cm³/mol. The highest BCUT2D eigenvalue weighted by Gasteiger charge is 2.30. The van der Waals surface area contributed by atoms with Crippen LogP contribution in [0.3, 0.4) is 0 Å². The van der Waals surface area contributed by atoms with Crippen LogP contribution in [0.5, 0.6) is 0 Å². The van der Waals surface area contributed by atoms with Gasteiger partial charge in [-0.05, 0) is 43.5 Å². The van der Waals surface area contributed by atoms with Crippen LogP contribution >= 0.6 is 23.2 Å². The van der Waals surface area contributed by atoms with Gasteiger partial charge in [0.05, 0.1) is 11.9 Å². The Morgan fingerprint density at radius 2 is 1.68 bits per heavy atom. The van der Waals surface area contributed by atoms with Crippen LogP contribution in [0.25, 0.3) is 0 Å². The first-order valence-corrected chi connectivity index (χ1v) is 14.8. The van der Waals surface area contributed by atoms with E-state index in [0.717, 1.165) is 23.4 Å². The monoisotopic (exact) mass is 573 g/mol. The molecule has 37 heavy (non-hydrogen) atoms. The lowest BCUT2D eigenvalue weighted by atomic mass is 10.1. The van der Waals surface area contributed by atoms with Crippen LogP contribution in [0, 0.1) is 5.82 Å². The molecule has 0 spiro atoms. The van der Waals surface area contributed by atoms with Crippen molar-refractivity contribution in [3.8, 4) is 0 Å². The van der Waals surface area contributed by atoms with Crippen molar-refractivity contribution in [3.05, 3.63) is 63.9 Å². The van der Waals surface area contributed by atoms with Crippen molar-refractivity contribution in [1.29, 1.82) is 0 Å². The van der Waals surface area contributed by atoms with Crippen molar-refractivity contribution >= 4 is 50.7 Å². The normalized spacial score (nSPS) is 12.2. The largest absolute Gasteiger partial charge is 0.354 e. The maximum atomic E-state index is 14.3. The molecule has 11 heteroatoms. The van der Waals surface area contributed by atoms with Crippen LogP contribution in [0.2, 0.25) is 10.0 Å². The zero-order chi connectivity index (χ0) is 27.6. The number of benzene rings is 2. The van der Waals surface area contributed by atoms with E-state index in [9.17, 15) is 22.4 Å². The minimum atomic E-state index is -3.80. The molecule has 1 atom stereocenters. The first-order chi connectivity index (χ1) is 17.5. The first kappa shape index (κ1) is 30.9. The second-order valence-electron chi connectivity index (χ2n) is 8.68. The van der Waals surface area contributed by atoms with E-state index in [0.29, 0.717) is 28.6 Å². The van der Waals surface area contributed by atoms with Crippen LogP contribution in [0.15, 0.2) is 42.5 Å². The average molecular weight is 575 g/mol.